The van der Waals surface area contributed by atoms with E-state index in [0.717, 1.165) is 38.4 Å². The van der Waals surface area contributed by atoms with Gasteiger partial charge in [0.05, 0.1) is 31.3 Å². The van der Waals surface area contributed by atoms with Gasteiger partial charge in [0.1, 0.15) is 46.1 Å². The third-order valence-electron chi connectivity index (χ3n) is 6.96. The highest BCUT2D eigenvalue weighted by molar-refractivity contribution is 6.41. The highest BCUT2D eigenvalue weighted by Gasteiger charge is 2.26. The number of hydrogen-bond acceptors (Lipinski definition) is 10. The molecule has 1 aliphatic heterocycles. The number of benzene rings is 2. The summed E-state index contributed by atoms with van der Waals surface area (Å²) in [6.07, 6.45) is 2.52. The summed E-state index contributed by atoms with van der Waals surface area (Å²) in [7, 11) is 2.89. The maximum atomic E-state index is 12.3. The monoisotopic (exact) mass is 628 g/mol. The van der Waals surface area contributed by atoms with Gasteiger partial charge in [-0.25, -0.2) is 9.97 Å². The van der Waals surface area contributed by atoms with Crippen molar-refractivity contribution in [1.82, 2.24) is 14.9 Å². The molecule has 0 radical (unpaired) electrons. The fourth-order valence-electron chi connectivity index (χ4n) is 4.69. The van der Waals surface area contributed by atoms with Crippen molar-refractivity contribution in [3.05, 3.63) is 59.4 Å². The number of nitrogens with one attached hydrogen (secondary N) is 2. The molecule has 228 valence electrons. The molecule has 14 heteroatoms. The van der Waals surface area contributed by atoms with Crippen LogP contribution in [-0.4, -0.2) is 80.2 Å². The highest BCUT2D eigenvalue weighted by atomic mass is 35.5. The highest BCUT2D eigenvalue weighted by Crippen LogP contribution is 2.48. The second kappa shape index (κ2) is 14.3. The molecule has 43 heavy (non-hydrogen) atoms. The first kappa shape index (κ1) is 31.7. The van der Waals surface area contributed by atoms with Gasteiger partial charge in [-0.05, 0) is 30.8 Å². The maximum Gasteiger partial charge on any atom is 0.247 e. The predicted octanol–water partition coefficient (Wildman–Crippen LogP) is 4.43. The molecule has 1 aliphatic rings. The largest absolute Gasteiger partial charge is 0.495 e. The molecule has 0 bridgehead atoms. The SMILES string of the molecule is C=CC(=O)Nc1cc(N2CCN(CC)CC2)ccc1Nc1cc(N(CC(N)=O)c2c(Cl)c(OC)cc(OC)c2Cl)ncn1. The number of methoxy groups -OCH3 is 2. The lowest BCUT2D eigenvalue weighted by atomic mass is 10.2. The average Bonchev–Trinajstić information content (AvgIpc) is 3.01. The van der Waals surface area contributed by atoms with Gasteiger partial charge in [-0.3, -0.25) is 9.59 Å². The summed E-state index contributed by atoms with van der Waals surface area (Å²) in [5, 5.41) is 6.38. The summed E-state index contributed by atoms with van der Waals surface area (Å²) in [4.78, 5) is 39.3. The molecule has 0 unspecified atom stereocenters. The van der Waals surface area contributed by atoms with E-state index in [-0.39, 0.29) is 45.5 Å². The Labute approximate surface area is 260 Å². The maximum absolute atomic E-state index is 12.3. The molecule has 0 atom stereocenters. The van der Waals surface area contributed by atoms with Gasteiger partial charge in [0.25, 0.3) is 0 Å². The lowest BCUT2D eigenvalue weighted by Gasteiger charge is -2.35. The third-order valence-corrected chi connectivity index (χ3v) is 7.69. The molecule has 2 amide bonds. The molecule has 0 aliphatic carbocycles. The molecule has 2 heterocycles. The van der Waals surface area contributed by atoms with Crippen LogP contribution in [0, 0.1) is 0 Å². The molecule has 3 aromatic rings. The number of anilines is 6. The normalized spacial score (nSPS) is 13.3. The number of hydrogen-bond donors (Lipinski definition) is 3. The van der Waals surface area contributed by atoms with Crippen molar-refractivity contribution >= 4 is 69.4 Å². The molecule has 4 N–H and O–H groups in total. The first-order valence-electron chi connectivity index (χ1n) is 13.5. The number of primary amides is 1. The minimum absolute atomic E-state index is 0.132. The molecule has 2 aromatic carbocycles. The van der Waals surface area contributed by atoms with Gasteiger partial charge in [0.15, 0.2) is 0 Å². The quantitative estimate of drug-likeness (QED) is 0.247. The van der Waals surface area contributed by atoms with E-state index in [0.29, 0.717) is 17.2 Å². The molecule has 0 saturated carbocycles. The van der Waals surface area contributed by atoms with Crippen LogP contribution in [0.5, 0.6) is 11.5 Å². The molecular weight excluding hydrogens is 595 g/mol. The Morgan fingerprint density at radius 2 is 1.72 bits per heavy atom. The summed E-state index contributed by atoms with van der Waals surface area (Å²) < 4.78 is 10.8. The number of likely N-dealkylation sites (N-methyl/N-ethyl adjacent to an activating group) is 1. The Balaban J connectivity index is 1.71. The van der Waals surface area contributed by atoms with Crippen LogP contribution in [0.1, 0.15) is 6.92 Å². The standard InChI is InChI=1S/C29H34Cl2N8O4/c1-5-26(41)36-20-13-18(38-11-9-37(6-2)10-12-38)7-8-19(20)35-24-15-25(34-17-33-24)39(16-23(32)40)29-27(30)21(42-3)14-22(43-4)28(29)31/h5,7-8,13-15,17H,1,6,9-12,16H2,2-4H3,(H2,32,40)(H,36,41)(H,33,34,35). The fraction of sp³-hybridized carbons (Fsp3) is 0.310. The molecule has 1 saturated heterocycles. The number of nitrogens with two attached hydrogens (primary N) is 1. The number of rotatable bonds is 12. The van der Waals surface area contributed by atoms with E-state index in [1.807, 2.05) is 18.2 Å². The zero-order valence-corrected chi connectivity index (χ0v) is 25.7. The van der Waals surface area contributed by atoms with Crippen LogP contribution in [0.15, 0.2) is 49.3 Å². The van der Waals surface area contributed by atoms with E-state index in [1.165, 1.54) is 37.6 Å². The van der Waals surface area contributed by atoms with Gasteiger partial charge in [-0.2, -0.15) is 0 Å². The molecule has 1 aromatic heterocycles. The molecular formula is C29H34Cl2N8O4. The second-order valence-electron chi connectivity index (χ2n) is 9.54. The van der Waals surface area contributed by atoms with Crippen LogP contribution in [0.25, 0.3) is 0 Å². The van der Waals surface area contributed by atoms with Gasteiger partial charge in [-0.1, -0.05) is 36.7 Å². The van der Waals surface area contributed by atoms with Crippen LogP contribution in [0.2, 0.25) is 10.0 Å². The van der Waals surface area contributed by atoms with Crippen molar-refractivity contribution in [1.29, 1.82) is 0 Å². The van der Waals surface area contributed by atoms with Gasteiger partial charge < -0.3 is 40.5 Å². The number of halogens is 2. The van der Waals surface area contributed by atoms with Gasteiger partial charge >= 0.3 is 0 Å². The van der Waals surface area contributed by atoms with Crippen LogP contribution in [0.4, 0.5) is 34.4 Å². The number of amides is 2. The van der Waals surface area contributed by atoms with Gasteiger partial charge in [-0.15, -0.1) is 0 Å². The summed E-state index contributed by atoms with van der Waals surface area (Å²) in [6, 6.07) is 8.89. The first-order valence-corrected chi connectivity index (χ1v) is 14.2. The van der Waals surface area contributed by atoms with Gasteiger partial charge in [0, 0.05) is 44.0 Å². The predicted molar refractivity (Wildman–Crippen MR) is 171 cm³/mol. The van der Waals surface area contributed by atoms with Crippen LogP contribution >= 0.6 is 23.2 Å². The molecule has 0 spiro atoms. The Morgan fingerprint density at radius 3 is 2.30 bits per heavy atom. The number of ether oxygens (including phenoxy) is 2. The molecule has 1 fully saturated rings. The van der Waals surface area contributed by atoms with Crippen molar-refractivity contribution in [3.63, 3.8) is 0 Å². The van der Waals surface area contributed by atoms with Crippen molar-refractivity contribution in [3.8, 4) is 11.5 Å². The lowest BCUT2D eigenvalue weighted by Crippen LogP contribution is -2.46. The number of carbonyl (C=O) groups is 2. The lowest BCUT2D eigenvalue weighted by molar-refractivity contribution is -0.116. The smallest absolute Gasteiger partial charge is 0.247 e. The van der Waals surface area contributed by atoms with Crippen molar-refractivity contribution in [2.24, 2.45) is 5.73 Å². The van der Waals surface area contributed by atoms with E-state index in [2.05, 4.69) is 43.9 Å². The minimum atomic E-state index is -0.660. The van der Waals surface area contributed by atoms with E-state index in [9.17, 15) is 9.59 Å². The van der Waals surface area contributed by atoms with E-state index < -0.39 is 5.91 Å². The zero-order chi connectivity index (χ0) is 31.1. The summed E-state index contributed by atoms with van der Waals surface area (Å²) in [5.74, 6) is 0.157. The number of aromatic nitrogens is 2. The summed E-state index contributed by atoms with van der Waals surface area (Å²) in [5.41, 5.74) is 7.91. The van der Waals surface area contributed by atoms with Crippen molar-refractivity contribution in [2.75, 3.05) is 73.9 Å². The van der Waals surface area contributed by atoms with E-state index in [1.54, 1.807) is 6.07 Å². The topological polar surface area (TPSA) is 138 Å². The molecule has 12 nitrogen and oxygen atoms in total. The van der Waals surface area contributed by atoms with Crippen molar-refractivity contribution in [2.45, 2.75) is 6.92 Å². The fourth-order valence-corrected chi connectivity index (χ4v) is 5.39. The zero-order valence-electron chi connectivity index (χ0n) is 24.2. The number of carbonyl (C=O) groups excluding carboxylic acids is 2. The Hall–Kier alpha value is -4.26. The van der Waals surface area contributed by atoms with Crippen LogP contribution < -0.4 is 35.6 Å². The van der Waals surface area contributed by atoms with E-state index in [4.69, 9.17) is 38.4 Å². The van der Waals surface area contributed by atoms with E-state index >= 15 is 0 Å². The third kappa shape index (κ3) is 7.39. The minimum Gasteiger partial charge on any atom is -0.495 e. The second-order valence-corrected chi connectivity index (χ2v) is 10.3. The average molecular weight is 630 g/mol. The summed E-state index contributed by atoms with van der Waals surface area (Å²) >= 11 is 13.3. The number of piperazine rings is 1. The van der Waals surface area contributed by atoms with Gasteiger partial charge in [0.2, 0.25) is 11.8 Å². The van der Waals surface area contributed by atoms with Crippen LogP contribution in [0.3, 0.4) is 0 Å². The Kier molecular flexibility index (Phi) is 10.5. The van der Waals surface area contributed by atoms with Crippen LogP contribution in [-0.2, 0) is 9.59 Å². The Bertz CT molecular complexity index is 1470. The first-order chi connectivity index (χ1) is 20.7. The summed E-state index contributed by atoms with van der Waals surface area (Å²) in [6.45, 7) is 10.1. The molecule has 4 rings (SSSR count). The number of nitrogens with zero attached hydrogens (tertiary/aromatic N) is 5. The van der Waals surface area contributed by atoms with Crippen molar-refractivity contribution < 1.29 is 19.1 Å². The Morgan fingerprint density at radius 1 is 1.05 bits per heavy atom.